The van der Waals surface area contributed by atoms with E-state index in [1.807, 2.05) is 0 Å². The minimum atomic E-state index is -1.05. The van der Waals surface area contributed by atoms with Crippen LogP contribution < -0.4 is 4.90 Å². The number of amides is 1. The number of hydrogen-bond donors (Lipinski definition) is 2. The predicted octanol–water partition coefficient (Wildman–Crippen LogP) is 3.94. The van der Waals surface area contributed by atoms with E-state index in [2.05, 4.69) is 15.2 Å². The molecule has 1 aromatic heterocycles. The Bertz CT molecular complexity index is 944. The van der Waals surface area contributed by atoms with E-state index in [0.29, 0.717) is 5.56 Å². The minimum absolute atomic E-state index is 0.0758. The third-order valence-corrected chi connectivity index (χ3v) is 4.08. The second kappa shape index (κ2) is 7.27. The average Bonchev–Trinajstić information content (AvgIpc) is 3.14. The highest BCUT2D eigenvalue weighted by atomic mass is 35.5. The minimum Gasteiger partial charge on any atom is -0.505 e. The van der Waals surface area contributed by atoms with Crippen LogP contribution in [0.15, 0.2) is 36.7 Å². The Morgan fingerprint density at radius 1 is 1.15 bits per heavy atom. The Morgan fingerprint density at radius 2 is 1.85 bits per heavy atom. The zero-order valence-corrected chi connectivity index (χ0v) is 14.4. The molecule has 0 spiro atoms. The Kier molecular flexibility index (Phi) is 5.06. The van der Waals surface area contributed by atoms with Gasteiger partial charge in [0, 0.05) is 5.69 Å². The summed E-state index contributed by atoms with van der Waals surface area (Å²) in [5.41, 5.74) is 0.543. The fourth-order valence-electron chi connectivity index (χ4n) is 2.25. The fraction of sp³-hybridized carbons (Fsp3) is 0.0625. The molecule has 0 radical (unpaired) electrons. The van der Waals surface area contributed by atoms with Crippen molar-refractivity contribution < 1.29 is 18.7 Å². The first-order valence-electron chi connectivity index (χ1n) is 7.16. The van der Waals surface area contributed by atoms with Crippen molar-refractivity contribution in [3.05, 3.63) is 69.7 Å². The lowest BCUT2D eigenvalue weighted by molar-refractivity contribution is 0.0975. The van der Waals surface area contributed by atoms with E-state index in [1.54, 1.807) is 0 Å². The van der Waals surface area contributed by atoms with Gasteiger partial charge in [0.15, 0.2) is 17.4 Å². The van der Waals surface area contributed by atoms with Crippen molar-refractivity contribution in [1.82, 2.24) is 15.2 Å². The molecule has 10 heteroatoms. The highest BCUT2D eigenvalue weighted by Gasteiger charge is 2.23. The highest BCUT2D eigenvalue weighted by molar-refractivity contribution is 6.37. The van der Waals surface area contributed by atoms with Crippen molar-refractivity contribution in [2.45, 2.75) is 6.54 Å². The Labute approximate surface area is 156 Å². The molecule has 0 bridgehead atoms. The van der Waals surface area contributed by atoms with Crippen molar-refractivity contribution in [3.8, 4) is 5.75 Å². The summed E-state index contributed by atoms with van der Waals surface area (Å²) in [5.74, 6) is -3.07. The van der Waals surface area contributed by atoms with Gasteiger partial charge in [-0.25, -0.2) is 13.8 Å². The van der Waals surface area contributed by atoms with Gasteiger partial charge >= 0.3 is 0 Å². The smallest absolute Gasteiger partial charge is 0.295 e. The number of halogens is 4. The van der Waals surface area contributed by atoms with Gasteiger partial charge in [-0.05, 0) is 29.8 Å². The van der Waals surface area contributed by atoms with Crippen LogP contribution in [-0.2, 0) is 6.54 Å². The molecule has 1 amide bonds. The largest absolute Gasteiger partial charge is 0.505 e. The van der Waals surface area contributed by atoms with Crippen molar-refractivity contribution in [2.24, 2.45) is 0 Å². The molecule has 0 fully saturated rings. The van der Waals surface area contributed by atoms with E-state index in [-0.39, 0.29) is 33.9 Å². The molecule has 0 atom stereocenters. The zero-order chi connectivity index (χ0) is 18.8. The molecule has 3 aromatic rings. The molecular formula is C16H10Cl2F2N4O2. The fourth-order valence-corrected chi connectivity index (χ4v) is 2.72. The SMILES string of the molecule is O=C(c1ncn[nH]1)N(Cc1ccc(F)c(F)c1)c1cc(Cl)c(O)c(Cl)c1. The number of anilines is 1. The normalized spacial score (nSPS) is 10.8. The Balaban J connectivity index is 2.04. The van der Waals surface area contributed by atoms with Gasteiger partial charge < -0.3 is 10.0 Å². The third-order valence-electron chi connectivity index (χ3n) is 3.50. The van der Waals surface area contributed by atoms with Crippen LogP contribution in [0, 0.1) is 11.6 Å². The third kappa shape index (κ3) is 3.61. The molecule has 0 aliphatic rings. The Morgan fingerprint density at radius 3 is 2.42 bits per heavy atom. The second-order valence-electron chi connectivity index (χ2n) is 5.23. The lowest BCUT2D eigenvalue weighted by Crippen LogP contribution is -2.31. The van der Waals surface area contributed by atoms with Crippen molar-refractivity contribution in [3.63, 3.8) is 0 Å². The maximum absolute atomic E-state index is 13.5. The van der Waals surface area contributed by atoms with Crippen LogP contribution in [0.5, 0.6) is 5.75 Å². The molecule has 3 rings (SSSR count). The van der Waals surface area contributed by atoms with Crippen LogP contribution in [0.25, 0.3) is 0 Å². The molecule has 26 heavy (non-hydrogen) atoms. The molecule has 0 aliphatic heterocycles. The van der Waals surface area contributed by atoms with Crippen LogP contribution in [0.2, 0.25) is 10.0 Å². The topological polar surface area (TPSA) is 82.1 Å². The highest BCUT2D eigenvalue weighted by Crippen LogP contribution is 2.36. The van der Waals surface area contributed by atoms with Gasteiger partial charge in [0.2, 0.25) is 5.82 Å². The maximum atomic E-state index is 13.5. The van der Waals surface area contributed by atoms with E-state index in [0.717, 1.165) is 18.5 Å². The van der Waals surface area contributed by atoms with Crippen LogP contribution >= 0.6 is 23.2 Å². The predicted molar refractivity (Wildman–Crippen MR) is 91.4 cm³/mol. The first-order valence-corrected chi connectivity index (χ1v) is 7.91. The number of phenols is 1. The van der Waals surface area contributed by atoms with E-state index in [9.17, 15) is 18.7 Å². The average molecular weight is 399 g/mol. The number of aromatic amines is 1. The summed E-state index contributed by atoms with van der Waals surface area (Å²) in [6.45, 7) is -0.131. The number of benzene rings is 2. The molecule has 2 N–H and O–H groups in total. The second-order valence-corrected chi connectivity index (χ2v) is 6.05. The number of H-pyrrole nitrogens is 1. The number of hydrogen-bond acceptors (Lipinski definition) is 4. The number of nitrogens with one attached hydrogen (secondary N) is 1. The molecule has 0 saturated carbocycles. The number of phenolic OH excluding ortho intramolecular Hbond substituents is 1. The number of rotatable bonds is 4. The van der Waals surface area contributed by atoms with E-state index in [1.165, 1.54) is 23.1 Å². The summed E-state index contributed by atoms with van der Waals surface area (Å²) in [4.78, 5) is 17.7. The maximum Gasteiger partial charge on any atom is 0.295 e. The van der Waals surface area contributed by atoms with Gasteiger partial charge in [-0.15, -0.1) is 0 Å². The first kappa shape index (κ1) is 18.1. The number of nitrogens with zero attached hydrogens (tertiary/aromatic N) is 3. The summed E-state index contributed by atoms with van der Waals surface area (Å²) < 4.78 is 26.7. The van der Waals surface area contributed by atoms with E-state index < -0.39 is 17.5 Å². The van der Waals surface area contributed by atoms with Crippen LogP contribution in [0.4, 0.5) is 14.5 Å². The molecule has 134 valence electrons. The standard InChI is InChI=1S/C16H10Cl2F2N4O2/c17-10-4-9(5-11(18)14(10)25)24(16(26)15-21-7-22-23-15)6-8-1-2-12(19)13(20)3-8/h1-5,7,25H,6H2,(H,21,22,23). The van der Waals surface area contributed by atoms with Gasteiger partial charge in [0.05, 0.1) is 16.6 Å². The number of aromatic nitrogens is 3. The number of carbonyl (C=O) groups is 1. The van der Waals surface area contributed by atoms with Gasteiger partial charge in [-0.1, -0.05) is 29.3 Å². The summed E-state index contributed by atoms with van der Waals surface area (Å²) >= 11 is 11.8. The molecule has 1 heterocycles. The number of aromatic hydroxyl groups is 1. The van der Waals surface area contributed by atoms with Crippen LogP contribution in [0.3, 0.4) is 0 Å². The van der Waals surface area contributed by atoms with Gasteiger partial charge in [-0.3, -0.25) is 9.89 Å². The van der Waals surface area contributed by atoms with Crippen molar-refractivity contribution >= 4 is 34.8 Å². The summed E-state index contributed by atoms with van der Waals surface area (Å²) in [5, 5.41) is 15.6. The van der Waals surface area contributed by atoms with Gasteiger partial charge in [0.1, 0.15) is 6.33 Å². The monoisotopic (exact) mass is 398 g/mol. The zero-order valence-electron chi connectivity index (χ0n) is 12.9. The van der Waals surface area contributed by atoms with E-state index in [4.69, 9.17) is 23.2 Å². The Hall–Kier alpha value is -2.71. The lowest BCUT2D eigenvalue weighted by Gasteiger charge is -2.23. The summed E-state index contributed by atoms with van der Waals surface area (Å²) in [6, 6.07) is 5.90. The molecule has 0 aliphatic carbocycles. The van der Waals surface area contributed by atoms with E-state index >= 15 is 0 Å². The molecule has 0 unspecified atom stereocenters. The summed E-state index contributed by atoms with van der Waals surface area (Å²) in [7, 11) is 0. The number of carbonyl (C=O) groups excluding carboxylic acids is 1. The van der Waals surface area contributed by atoms with Gasteiger partial charge in [0.25, 0.3) is 5.91 Å². The first-order chi connectivity index (χ1) is 12.4. The lowest BCUT2D eigenvalue weighted by atomic mass is 10.1. The van der Waals surface area contributed by atoms with Gasteiger partial charge in [-0.2, -0.15) is 5.10 Å². The summed E-state index contributed by atoms with van der Waals surface area (Å²) in [6.07, 6.45) is 1.15. The molecule has 0 saturated heterocycles. The van der Waals surface area contributed by atoms with Crippen molar-refractivity contribution in [1.29, 1.82) is 0 Å². The molecular weight excluding hydrogens is 389 g/mol. The quantitative estimate of drug-likeness (QED) is 0.696. The molecule has 2 aromatic carbocycles. The van der Waals surface area contributed by atoms with Crippen LogP contribution in [-0.4, -0.2) is 26.2 Å². The van der Waals surface area contributed by atoms with Crippen molar-refractivity contribution in [2.75, 3.05) is 4.90 Å². The van der Waals surface area contributed by atoms with Crippen LogP contribution in [0.1, 0.15) is 16.2 Å². The molecule has 6 nitrogen and oxygen atoms in total.